The quantitative estimate of drug-likeness (QED) is 0.605. The lowest BCUT2D eigenvalue weighted by Gasteiger charge is -2.12. The fourth-order valence-electron chi connectivity index (χ4n) is 2.40. The number of sulfonamides is 1. The van der Waals surface area contributed by atoms with Crippen LogP contribution in [0.5, 0.6) is 0 Å². The van der Waals surface area contributed by atoms with Crippen LogP contribution in [-0.2, 0) is 16.2 Å². The van der Waals surface area contributed by atoms with Crippen molar-refractivity contribution in [2.24, 2.45) is 0 Å². The summed E-state index contributed by atoms with van der Waals surface area (Å²) in [4.78, 5) is 3.63. The summed E-state index contributed by atoms with van der Waals surface area (Å²) in [6, 6.07) is 10.1. The van der Waals surface area contributed by atoms with Gasteiger partial charge in [-0.1, -0.05) is 29.8 Å². The highest BCUT2D eigenvalue weighted by atomic mass is 35.5. The fraction of sp³-hybridized carbons (Fsp3) is 0.118. The Labute approximate surface area is 163 Å². The Morgan fingerprint density at radius 3 is 2.54 bits per heavy atom. The number of hydrogen-bond donors (Lipinski definition) is 2. The molecule has 0 aliphatic rings. The number of alkyl halides is 3. The second kappa shape index (κ2) is 7.55. The molecular formula is C17H13ClF3N3O3S. The first-order valence-electron chi connectivity index (χ1n) is 7.74. The largest absolute Gasteiger partial charge is 0.416 e. The molecule has 0 radical (unpaired) electrons. The molecule has 2 aromatic carbocycles. The van der Waals surface area contributed by atoms with E-state index in [-0.39, 0.29) is 21.3 Å². The molecule has 1 unspecified atom stereocenters. The molecule has 0 saturated heterocycles. The van der Waals surface area contributed by atoms with Gasteiger partial charge in [0, 0.05) is 11.9 Å². The third kappa shape index (κ3) is 4.36. The van der Waals surface area contributed by atoms with Gasteiger partial charge < -0.3 is 9.67 Å². The molecule has 6 nitrogen and oxygen atoms in total. The van der Waals surface area contributed by atoms with Gasteiger partial charge in [0.25, 0.3) is 0 Å². The Balaban J connectivity index is 1.83. The monoisotopic (exact) mass is 431 g/mol. The second-order valence-corrected chi connectivity index (χ2v) is 7.80. The maximum Gasteiger partial charge on any atom is 0.416 e. The van der Waals surface area contributed by atoms with Crippen molar-refractivity contribution in [3.05, 3.63) is 77.3 Å². The average molecular weight is 432 g/mol. The molecule has 0 spiro atoms. The van der Waals surface area contributed by atoms with Crippen molar-refractivity contribution in [3.8, 4) is 5.69 Å². The molecule has 3 rings (SSSR count). The molecule has 1 heterocycles. The number of hydrogen-bond acceptors (Lipinski definition) is 4. The second-order valence-electron chi connectivity index (χ2n) is 5.71. The van der Waals surface area contributed by atoms with Crippen LogP contribution < -0.4 is 4.72 Å². The number of nitrogens with one attached hydrogen (secondary N) is 1. The van der Waals surface area contributed by atoms with E-state index in [4.69, 9.17) is 11.6 Å². The Hall–Kier alpha value is -2.40. The van der Waals surface area contributed by atoms with E-state index in [1.807, 2.05) is 4.72 Å². The number of aromatic nitrogens is 2. The summed E-state index contributed by atoms with van der Waals surface area (Å²) >= 11 is 5.86. The van der Waals surface area contributed by atoms with Crippen LogP contribution in [0.2, 0.25) is 5.02 Å². The summed E-state index contributed by atoms with van der Waals surface area (Å²) < 4.78 is 66.5. The maximum absolute atomic E-state index is 12.8. The first kappa shape index (κ1) is 20.3. The Kier molecular flexibility index (Phi) is 5.48. The molecule has 1 atom stereocenters. The van der Waals surface area contributed by atoms with Gasteiger partial charge in [-0.3, -0.25) is 0 Å². The van der Waals surface area contributed by atoms with Crippen LogP contribution in [0.3, 0.4) is 0 Å². The molecule has 0 aliphatic carbocycles. The predicted molar refractivity (Wildman–Crippen MR) is 95.3 cm³/mol. The van der Waals surface area contributed by atoms with Gasteiger partial charge in [0.1, 0.15) is 10.6 Å². The summed E-state index contributed by atoms with van der Waals surface area (Å²) in [7, 11) is -4.15. The predicted octanol–water partition coefficient (Wildman–Crippen LogP) is 3.51. The van der Waals surface area contributed by atoms with Gasteiger partial charge in [-0.2, -0.15) is 17.9 Å². The Bertz CT molecular complexity index is 1100. The minimum absolute atomic E-state index is 0.0308. The van der Waals surface area contributed by atoms with Crippen molar-refractivity contribution in [2.45, 2.75) is 17.3 Å². The number of aliphatic hydroxyl groups is 1. The van der Waals surface area contributed by atoms with E-state index in [0.717, 1.165) is 18.5 Å². The minimum atomic E-state index is -4.51. The first-order valence-corrected chi connectivity index (χ1v) is 9.60. The number of imidazole rings is 1. The van der Waals surface area contributed by atoms with Crippen molar-refractivity contribution < 1.29 is 26.7 Å². The summed E-state index contributed by atoms with van der Waals surface area (Å²) in [5.41, 5.74) is -0.803. The Morgan fingerprint density at radius 2 is 1.86 bits per heavy atom. The zero-order valence-electron chi connectivity index (χ0n) is 13.9. The van der Waals surface area contributed by atoms with Crippen molar-refractivity contribution in [1.29, 1.82) is 0 Å². The van der Waals surface area contributed by atoms with E-state index < -0.39 is 28.0 Å². The molecule has 0 bridgehead atoms. The van der Waals surface area contributed by atoms with Crippen molar-refractivity contribution in [1.82, 2.24) is 14.3 Å². The third-order valence-electron chi connectivity index (χ3n) is 3.75. The SMILES string of the molecule is O=S(=O)(NC(O)c1cn(-c2cccc(C(F)(F)F)c2)cn1)c1ccccc1Cl. The molecule has 148 valence electrons. The summed E-state index contributed by atoms with van der Waals surface area (Å²) in [6.45, 7) is 0. The van der Waals surface area contributed by atoms with E-state index in [2.05, 4.69) is 4.98 Å². The maximum atomic E-state index is 12.8. The van der Waals surface area contributed by atoms with Crippen LogP contribution in [0.25, 0.3) is 5.69 Å². The highest BCUT2D eigenvalue weighted by Gasteiger charge is 2.30. The van der Waals surface area contributed by atoms with E-state index in [0.29, 0.717) is 0 Å². The van der Waals surface area contributed by atoms with Gasteiger partial charge in [-0.25, -0.2) is 13.4 Å². The normalized spacial score (nSPS) is 13.5. The molecule has 28 heavy (non-hydrogen) atoms. The van der Waals surface area contributed by atoms with Gasteiger partial charge >= 0.3 is 6.18 Å². The van der Waals surface area contributed by atoms with Gasteiger partial charge in [0.15, 0.2) is 6.23 Å². The zero-order valence-corrected chi connectivity index (χ0v) is 15.5. The summed E-state index contributed by atoms with van der Waals surface area (Å²) in [5.74, 6) is 0. The summed E-state index contributed by atoms with van der Waals surface area (Å²) in [6.07, 6.45) is -3.86. The number of halogens is 4. The van der Waals surface area contributed by atoms with Crippen LogP contribution in [0.4, 0.5) is 13.2 Å². The van der Waals surface area contributed by atoms with E-state index in [1.165, 1.54) is 41.1 Å². The van der Waals surface area contributed by atoms with Crippen LogP contribution in [0, 0.1) is 0 Å². The fourth-order valence-corrected chi connectivity index (χ4v) is 3.96. The standard InChI is InChI=1S/C17H13ClF3N3O3S/c18-13-6-1-2-7-15(13)28(26,27)23-16(25)14-9-24(10-22-14)12-5-3-4-11(8-12)17(19,20)21/h1-10,16,23,25H. The minimum Gasteiger partial charge on any atom is -0.372 e. The molecule has 2 N–H and O–H groups in total. The number of rotatable bonds is 5. The van der Waals surface area contributed by atoms with Crippen molar-refractivity contribution in [3.63, 3.8) is 0 Å². The number of aliphatic hydroxyl groups excluding tert-OH is 1. The number of nitrogens with zero attached hydrogens (tertiary/aromatic N) is 2. The molecule has 0 saturated carbocycles. The molecule has 1 aromatic heterocycles. The first-order chi connectivity index (χ1) is 13.1. The molecule has 11 heteroatoms. The van der Waals surface area contributed by atoms with E-state index in [9.17, 15) is 26.7 Å². The third-order valence-corrected chi connectivity index (χ3v) is 5.66. The molecule has 0 aliphatic heterocycles. The van der Waals surface area contributed by atoms with Crippen LogP contribution in [0.1, 0.15) is 17.5 Å². The lowest BCUT2D eigenvalue weighted by Crippen LogP contribution is -2.28. The molecule has 0 amide bonds. The van der Waals surface area contributed by atoms with Gasteiger partial charge in [0.2, 0.25) is 10.0 Å². The topological polar surface area (TPSA) is 84.2 Å². The number of benzene rings is 2. The van der Waals surface area contributed by atoms with Gasteiger partial charge in [-0.05, 0) is 30.3 Å². The van der Waals surface area contributed by atoms with E-state index >= 15 is 0 Å². The van der Waals surface area contributed by atoms with Crippen LogP contribution in [0.15, 0.2) is 66.0 Å². The lowest BCUT2D eigenvalue weighted by molar-refractivity contribution is -0.137. The van der Waals surface area contributed by atoms with Crippen molar-refractivity contribution in [2.75, 3.05) is 0 Å². The highest BCUT2D eigenvalue weighted by molar-refractivity contribution is 7.89. The van der Waals surface area contributed by atoms with Crippen LogP contribution >= 0.6 is 11.6 Å². The van der Waals surface area contributed by atoms with E-state index in [1.54, 1.807) is 6.07 Å². The summed E-state index contributed by atoms with van der Waals surface area (Å²) in [5, 5.41) is 10.1. The Morgan fingerprint density at radius 1 is 1.14 bits per heavy atom. The van der Waals surface area contributed by atoms with Gasteiger partial charge in [0.05, 0.1) is 16.9 Å². The zero-order chi connectivity index (χ0) is 20.5. The smallest absolute Gasteiger partial charge is 0.372 e. The van der Waals surface area contributed by atoms with Crippen LogP contribution in [-0.4, -0.2) is 23.1 Å². The highest BCUT2D eigenvalue weighted by Crippen LogP contribution is 2.30. The lowest BCUT2D eigenvalue weighted by atomic mass is 10.2. The molecular weight excluding hydrogens is 419 g/mol. The van der Waals surface area contributed by atoms with Gasteiger partial charge in [-0.15, -0.1) is 0 Å². The average Bonchev–Trinajstić information content (AvgIpc) is 3.11. The molecule has 0 fully saturated rings. The molecule has 3 aromatic rings. The van der Waals surface area contributed by atoms with Crippen molar-refractivity contribution >= 4 is 21.6 Å².